The van der Waals surface area contributed by atoms with Gasteiger partial charge in [-0.3, -0.25) is 4.79 Å². The fourth-order valence-corrected chi connectivity index (χ4v) is 3.07. The summed E-state index contributed by atoms with van der Waals surface area (Å²) >= 11 is 6.05. The fourth-order valence-electron chi connectivity index (χ4n) is 2.96. The molecule has 2 rings (SSSR count). The molecule has 0 bridgehead atoms. The van der Waals surface area contributed by atoms with Gasteiger partial charge >= 0.3 is 0 Å². The Balaban J connectivity index is 2.19. The van der Waals surface area contributed by atoms with Gasteiger partial charge in [-0.2, -0.15) is 0 Å². The molecule has 0 fully saturated rings. The number of carbonyl (C=O) groups is 1. The van der Waals surface area contributed by atoms with Gasteiger partial charge in [0.2, 0.25) is 5.91 Å². The van der Waals surface area contributed by atoms with E-state index in [1.54, 1.807) is 7.11 Å². The molecule has 0 saturated heterocycles. The third-order valence-corrected chi connectivity index (χ3v) is 5.78. The number of nitrogens with zero attached hydrogens (tertiary/aromatic N) is 1. The standard InChI is InChI=1S/C24H32ClNO3/c1-6-18(2)26(23(27)24(3,4)17-25)15-20-12-13-21(22(14-20)28-5)29-16-19-10-8-7-9-11-19/h7-14,18H,6,15-17H2,1-5H3. The van der Waals surface area contributed by atoms with Crippen LogP contribution < -0.4 is 9.47 Å². The number of rotatable bonds is 10. The highest BCUT2D eigenvalue weighted by Crippen LogP contribution is 2.31. The normalized spacial score (nSPS) is 12.3. The lowest BCUT2D eigenvalue weighted by Gasteiger charge is -2.35. The molecule has 4 nitrogen and oxygen atoms in total. The molecular weight excluding hydrogens is 386 g/mol. The van der Waals surface area contributed by atoms with Crippen LogP contribution in [-0.2, 0) is 17.9 Å². The van der Waals surface area contributed by atoms with Gasteiger partial charge in [0.15, 0.2) is 11.5 Å². The largest absolute Gasteiger partial charge is 0.493 e. The molecule has 0 aliphatic carbocycles. The molecule has 5 heteroatoms. The Hall–Kier alpha value is -2.20. The van der Waals surface area contributed by atoms with E-state index in [0.717, 1.165) is 17.5 Å². The van der Waals surface area contributed by atoms with Gasteiger partial charge in [-0.25, -0.2) is 0 Å². The maximum absolute atomic E-state index is 13.1. The van der Waals surface area contributed by atoms with Gasteiger partial charge in [-0.05, 0) is 50.5 Å². The van der Waals surface area contributed by atoms with Crippen molar-refractivity contribution in [2.24, 2.45) is 5.41 Å². The van der Waals surface area contributed by atoms with Crippen molar-refractivity contribution in [2.75, 3.05) is 13.0 Å². The first-order chi connectivity index (χ1) is 13.8. The summed E-state index contributed by atoms with van der Waals surface area (Å²) in [5.74, 6) is 1.69. The number of carbonyl (C=O) groups excluding carboxylic acids is 1. The Labute approximate surface area is 179 Å². The van der Waals surface area contributed by atoms with Crippen LogP contribution in [0.25, 0.3) is 0 Å². The second-order valence-corrected chi connectivity index (χ2v) is 8.23. The third kappa shape index (κ3) is 6.14. The van der Waals surface area contributed by atoms with E-state index in [0.29, 0.717) is 24.7 Å². The zero-order valence-corrected chi connectivity index (χ0v) is 18.8. The van der Waals surface area contributed by atoms with E-state index in [4.69, 9.17) is 21.1 Å². The average molecular weight is 418 g/mol. The highest BCUT2D eigenvalue weighted by Gasteiger charge is 2.33. The van der Waals surface area contributed by atoms with E-state index in [9.17, 15) is 4.79 Å². The van der Waals surface area contributed by atoms with Gasteiger partial charge < -0.3 is 14.4 Å². The van der Waals surface area contributed by atoms with Crippen molar-refractivity contribution < 1.29 is 14.3 Å². The minimum Gasteiger partial charge on any atom is -0.493 e. The number of halogens is 1. The molecular formula is C24H32ClNO3. The molecule has 0 N–H and O–H groups in total. The van der Waals surface area contributed by atoms with Crippen LogP contribution in [0, 0.1) is 5.41 Å². The Morgan fingerprint density at radius 1 is 1.10 bits per heavy atom. The summed E-state index contributed by atoms with van der Waals surface area (Å²) in [4.78, 5) is 15.0. The first-order valence-corrected chi connectivity index (χ1v) is 10.6. The van der Waals surface area contributed by atoms with Crippen molar-refractivity contribution >= 4 is 17.5 Å². The second-order valence-electron chi connectivity index (χ2n) is 7.97. The SMILES string of the molecule is CCC(C)N(Cc1ccc(OCc2ccccc2)c(OC)c1)C(=O)C(C)(C)CCl. The molecule has 2 aromatic rings. The average Bonchev–Trinajstić information content (AvgIpc) is 2.75. The first kappa shape index (κ1) is 23.1. The van der Waals surface area contributed by atoms with Gasteiger partial charge in [0.05, 0.1) is 12.5 Å². The lowest BCUT2D eigenvalue weighted by Crippen LogP contribution is -2.45. The molecule has 1 amide bonds. The smallest absolute Gasteiger partial charge is 0.229 e. The molecule has 0 aliphatic rings. The van der Waals surface area contributed by atoms with Crippen molar-refractivity contribution in [3.05, 3.63) is 59.7 Å². The summed E-state index contributed by atoms with van der Waals surface area (Å²) in [7, 11) is 1.63. The molecule has 158 valence electrons. The van der Waals surface area contributed by atoms with Crippen LogP contribution in [0.2, 0.25) is 0 Å². The van der Waals surface area contributed by atoms with Crippen LogP contribution in [0.5, 0.6) is 11.5 Å². The van der Waals surface area contributed by atoms with Crippen molar-refractivity contribution in [3.8, 4) is 11.5 Å². The summed E-state index contributed by atoms with van der Waals surface area (Å²) in [5.41, 5.74) is 1.48. The third-order valence-electron chi connectivity index (χ3n) is 5.11. The second kappa shape index (κ2) is 10.5. The minimum absolute atomic E-state index is 0.0604. The summed E-state index contributed by atoms with van der Waals surface area (Å²) in [6.07, 6.45) is 0.875. The van der Waals surface area contributed by atoms with E-state index in [1.807, 2.05) is 67.3 Å². The number of methoxy groups -OCH3 is 1. The minimum atomic E-state index is -0.603. The van der Waals surface area contributed by atoms with Crippen LogP contribution in [0.3, 0.4) is 0 Å². The first-order valence-electron chi connectivity index (χ1n) is 10.0. The van der Waals surface area contributed by atoms with E-state index in [-0.39, 0.29) is 17.8 Å². The van der Waals surface area contributed by atoms with Crippen molar-refractivity contribution in [3.63, 3.8) is 0 Å². The number of alkyl halides is 1. The Kier molecular flexibility index (Phi) is 8.39. The van der Waals surface area contributed by atoms with E-state index in [1.165, 1.54) is 0 Å². The molecule has 0 heterocycles. The van der Waals surface area contributed by atoms with Crippen molar-refractivity contribution in [1.29, 1.82) is 0 Å². The molecule has 29 heavy (non-hydrogen) atoms. The number of benzene rings is 2. The van der Waals surface area contributed by atoms with E-state index in [2.05, 4.69) is 13.8 Å². The predicted molar refractivity (Wildman–Crippen MR) is 119 cm³/mol. The number of amides is 1. The summed E-state index contributed by atoms with van der Waals surface area (Å²) in [6, 6.07) is 16.0. The lowest BCUT2D eigenvalue weighted by molar-refractivity contribution is -0.142. The number of hydrogen-bond donors (Lipinski definition) is 0. The Morgan fingerprint density at radius 2 is 1.79 bits per heavy atom. The fraction of sp³-hybridized carbons (Fsp3) is 0.458. The quantitative estimate of drug-likeness (QED) is 0.468. The molecule has 0 aromatic heterocycles. The van der Waals surface area contributed by atoms with Gasteiger partial charge in [-0.15, -0.1) is 11.6 Å². The van der Waals surface area contributed by atoms with Gasteiger partial charge in [0, 0.05) is 18.5 Å². The highest BCUT2D eigenvalue weighted by atomic mass is 35.5. The molecule has 0 radical (unpaired) electrons. The maximum Gasteiger partial charge on any atom is 0.229 e. The number of hydrogen-bond acceptors (Lipinski definition) is 3. The van der Waals surface area contributed by atoms with E-state index < -0.39 is 5.41 Å². The molecule has 0 saturated carbocycles. The van der Waals surface area contributed by atoms with Gasteiger partial charge in [0.1, 0.15) is 6.61 Å². The zero-order chi connectivity index (χ0) is 21.4. The lowest BCUT2D eigenvalue weighted by atomic mass is 9.93. The maximum atomic E-state index is 13.1. The predicted octanol–water partition coefficient (Wildman–Crippen LogP) is 5.67. The monoisotopic (exact) mass is 417 g/mol. The van der Waals surface area contributed by atoms with Crippen LogP contribution in [0.4, 0.5) is 0 Å². The Morgan fingerprint density at radius 3 is 2.38 bits per heavy atom. The van der Waals surface area contributed by atoms with Crippen LogP contribution >= 0.6 is 11.6 Å². The molecule has 2 aromatic carbocycles. The van der Waals surface area contributed by atoms with Crippen LogP contribution in [0.1, 0.15) is 45.2 Å². The van der Waals surface area contributed by atoms with Crippen molar-refractivity contribution in [2.45, 2.75) is 53.3 Å². The highest BCUT2D eigenvalue weighted by molar-refractivity contribution is 6.19. The zero-order valence-electron chi connectivity index (χ0n) is 18.1. The molecule has 1 unspecified atom stereocenters. The van der Waals surface area contributed by atoms with E-state index >= 15 is 0 Å². The van der Waals surface area contributed by atoms with Gasteiger partial charge in [0.25, 0.3) is 0 Å². The summed E-state index contributed by atoms with van der Waals surface area (Å²) in [6.45, 7) is 8.90. The van der Waals surface area contributed by atoms with Crippen LogP contribution in [0.15, 0.2) is 48.5 Å². The molecule has 0 spiro atoms. The van der Waals surface area contributed by atoms with Crippen LogP contribution in [-0.4, -0.2) is 29.8 Å². The topological polar surface area (TPSA) is 38.8 Å². The number of ether oxygens (including phenoxy) is 2. The molecule has 1 atom stereocenters. The van der Waals surface area contributed by atoms with Gasteiger partial charge in [-0.1, -0.05) is 43.3 Å². The summed E-state index contributed by atoms with van der Waals surface area (Å²) in [5, 5.41) is 0. The molecule has 0 aliphatic heterocycles. The Bertz CT molecular complexity index is 792. The summed E-state index contributed by atoms with van der Waals surface area (Å²) < 4.78 is 11.5. The van der Waals surface area contributed by atoms with Crippen molar-refractivity contribution in [1.82, 2.24) is 4.90 Å².